The molecule has 0 atom stereocenters. The number of nitrogens with one attached hydrogen (secondary N) is 2. The molecule has 3 aromatic rings. The Morgan fingerprint density at radius 2 is 1.85 bits per heavy atom. The quantitative estimate of drug-likeness (QED) is 0.387. The number of fused-ring (bicyclic) bond motifs is 1. The van der Waals surface area contributed by atoms with Gasteiger partial charge in [0, 0.05) is 48.6 Å². The maximum absolute atomic E-state index is 11.9. The zero-order valence-corrected chi connectivity index (χ0v) is 24.5. The van der Waals surface area contributed by atoms with Crippen LogP contribution in [0.3, 0.4) is 0 Å². The maximum atomic E-state index is 11.9. The highest BCUT2D eigenvalue weighted by Crippen LogP contribution is 2.31. The smallest absolute Gasteiger partial charge is 0.175 e. The standard InChI is InChI=1S/C31H37N5O4S/c1-39-31-22-26(41(2,37)38)12-13-29(31)33-15-4-5-25-21-27-28(6-3-7-30(27)36(25)16-14-32)34-23-8-10-24(11-9-23)35-17-19-40-20-18-35/h3,6-7,12-13,21-24,33-34H,8-11,15-20H2,1-2H3. The van der Waals surface area contributed by atoms with Gasteiger partial charge in [-0.15, -0.1) is 0 Å². The van der Waals surface area contributed by atoms with Gasteiger partial charge in [0.2, 0.25) is 0 Å². The Morgan fingerprint density at radius 1 is 1.07 bits per heavy atom. The first-order chi connectivity index (χ1) is 19.9. The van der Waals surface area contributed by atoms with Crippen molar-refractivity contribution in [1.29, 1.82) is 5.26 Å². The monoisotopic (exact) mass is 575 g/mol. The van der Waals surface area contributed by atoms with Crippen LogP contribution in [-0.2, 0) is 21.1 Å². The van der Waals surface area contributed by atoms with E-state index in [4.69, 9.17) is 9.47 Å². The van der Waals surface area contributed by atoms with Crippen LogP contribution in [-0.4, -0.2) is 76.2 Å². The van der Waals surface area contributed by atoms with E-state index in [1.54, 1.807) is 12.1 Å². The fourth-order valence-electron chi connectivity index (χ4n) is 5.83. The molecule has 0 unspecified atom stereocenters. The van der Waals surface area contributed by atoms with E-state index in [-0.39, 0.29) is 11.4 Å². The number of aromatic nitrogens is 1. The molecule has 2 N–H and O–H groups in total. The van der Waals surface area contributed by atoms with Gasteiger partial charge in [-0.05, 0) is 61.9 Å². The minimum absolute atomic E-state index is 0.196. The van der Waals surface area contributed by atoms with E-state index in [9.17, 15) is 13.7 Å². The van der Waals surface area contributed by atoms with Gasteiger partial charge in [-0.3, -0.25) is 4.90 Å². The second kappa shape index (κ2) is 12.9. The molecule has 0 spiro atoms. The van der Waals surface area contributed by atoms with Crippen LogP contribution in [0.2, 0.25) is 0 Å². The number of morpholine rings is 1. The molecule has 1 aliphatic heterocycles. The molecule has 1 saturated carbocycles. The molecule has 2 aliphatic rings. The van der Waals surface area contributed by atoms with Crippen LogP contribution in [0.15, 0.2) is 47.4 Å². The Hall–Kier alpha value is -3.70. The molecule has 1 aliphatic carbocycles. The fraction of sp³-hybridized carbons (Fsp3) is 0.452. The summed E-state index contributed by atoms with van der Waals surface area (Å²) < 4.78 is 36.6. The third-order valence-electron chi connectivity index (χ3n) is 7.98. The topological polar surface area (TPSA) is 109 Å². The predicted octanol–water partition coefficient (Wildman–Crippen LogP) is 4.10. The van der Waals surface area contributed by atoms with Gasteiger partial charge in [0.05, 0.1) is 54.7 Å². The van der Waals surface area contributed by atoms with Crippen molar-refractivity contribution in [2.45, 2.75) is 49.2 Å². The van der Waals surface area contributed by atoms with Crippen LogP contribution in [0.4, 0.5) is 11.4 Å². The Labute approximate surface area is 242 Å². The number of methoxy groups -OCH3 is 1. The summed E-state index contributed by atoms with van der Waals surface area (Å²) in [6, 6.07) is 16.3. The summed E-state index contributed by atoms with van der Waals surface area (Å²) in [6.45, 7) is 4.28. The number of hydrogen-bond acceptors (Lipinski definition) is 8. The van der Waals surface area contributed by atoms with E-state index in [2.05, 4.69) is 45.6 Å². The summed E-state index contributed by atoms with van der Waals surface area (Å²) in [5.41, 5.74) is 3.48. The van der Waals surface area contributed by atoms with Gasteiger partial charge in [0.25, 0.3) is 0 Å². The second-order valence-corrected chi connectivity index (χ2v) is 12.6. The van der Waals surface area contributed by atoms with Gasteiger partial charge in [0.15, 0.2) is 9.84 Å². The molecular weight excluding hydrogens is 538 g/mol. The van der Waals surface area contributed by atoms with Crippen LogP contribution in [0.25, 0.3) is 10.9 Å². The van der Waals surface area contributed by atoms with Gasteiger partial charge in [-0.25, -0.2) is 8.42 Å². The summed E-state index contributed by atoms with van der Waals surface area (Å²) in [4.78, 5) is 2.78. The van der Waals surface area contributed by atoms with Crippen molar-refractivity contribution in [2.75, 3.05) is 56.8 Å². The molecule has 1 aromatic heterocycles. The van der Waals surface area contributed by atoms with Crippen molar-refractivity contribution in [3.8, 4) is 23.7 Å². The van der Waals surface area contributed by atoms with Crippen molar-refractivity contribution >= 4 is 32.1 Å². The highest BCUT2D eigenvalue weighted by molar-refractivity contribution is 7.90. The van der Waals surface area contributed by atoms with E-state index in [0.29, 0.717) is 30.1 Å². The van der Waals surface area contributed by atoms with Crippen molar-refractivity contribution in [2.24, 2.45) is 0 Å². The lowest BCUT2D eigenvalue weighted by atomic mass is 9.89. The number of hydrogen-bond donors (Lipinski definition) is 2. The number of ether oxygens (including phenoxy) is 2. The SMILES string of the molecule is COc1cc(S(C)(=O)=O)ccc1NCC#Cc1cc2c(NC3CCC(N4CCOCC4)CC3)cccc2n1CC#N. The van der Waals surface area contributed by atoms with E-state index >= 15 is 0 Å². The predicted molar refractivity (Wildman–Crippen MR) is 161 cm³/mol. The normalized spacial score (nSPS) is 19.6. The summed E-state index contributed by atoms with van der Waals surface area (Å²) in [5, 5.41) is 17.6. The molecule has 0 radical (unpaired) electrons. The van der Waals surface area contributed by atoms with Gasteiger partial charge >= 0.3 is 0 Å². The molecular formula is C31H37N5O4S. The van der Waals surface area contributed by atoms with E-state index in [1.165, 1.54) is 32.3 Å². The first-order valence-corrected chi connectivity index (χ1v) is 15.9. The molecule has 9 nitrogen and oxygen atoms in total. The molecule has 5 rings (SSSR count). The molecule has 216 valence electrons. The fourth-order valence-corrected chi connectivity index (χ4v) is 6.46. The first kappa shape index (κ1) is 28.8. The van der Waals surface area contributed by atoms with Crippen LogP contribution in [0, 0.1) is 23.2 Å². The lowest BCUT2D eigenvalue weighted by Crippen LogP contribution is -2.46. The lowest BCUT2D eigenvalue weighted by Gasteiger charge is -2.39. The number of sulfone groups is 1. The number of anilines is 2. The Bertz CT molecular complexity index is 1580. The minimum Gasteiger partial charge on any atom is -0.495 e. The van der Waals surface area contributed by atoms with E-state index < -0.39 is 9.84 Å². The van der Waals surface area contributed by atoms with Crippen molar-refractivity contribution < 1.29 is 17.9 Å². The summed E-state index contributed by atoms with van der Waals surface area (Å²) in [5.74, 6) is 6.80. The van der Waals surface area contributed by atoms with Crippen molar-refractivity contribution in [3.63, 3.8) is 0 Å². The van der Waals surface area contributed by atoms with Gasteiger partial charge in [-0.1, -0.05) is 12.0 Å². The Kier molecular flexibility index (Phi) is 9.04. The molecule has 0 amide bonds. The Morgan fingerprint density at radius 3 is 2.56 bits per heavy atom. The third kappa shape index (κ3) is 6.79. The van der Waals surface area contributed by atoms with Gasteiger partial charge in [-0.2, -0.15) is 5.26 Å². The first-order valence-electron chi connectivity index (χ1n) is 14.1. The van der Waals surface area contributed by atoms with Crippen LogP contribution in [0.5, 0.6) is 5.75 Å². The zero-order valence-electron chi connectivity index (χ0n) is 23.7. The largest absolute Gasteiger partial charge is 0.495 e. The molecule has 2 fully saturated rings. The average Bonchev–Trinajstić information content (AvgIpc) is 3.34. The van der Waals surface area contributed by atoms with Crippen LogP contribution >= 0.6 is 0 Å². The molecule has 2 aromatic carbocycles. The van der Waals surface area contributed by atoms with Crippen molar-refractivity contribution in [1.82, 2.24) is 9.47 Å². The number of rotatable bonds is 8. The molecule has 2 heterocycles. The number of benzene rings is 2. The summed E-state index contributed by atoms with van der Waals surface area (Å²) >= 11 is 0. The van der Waals surface area contributed by atoms with Gasteiger partial charge < -0.3 is 24.7 Å². The van der Waals surface area contributed by atoms with Crippen LogP contribution < -0.4 is 15.4 Å². The summed E-state index contributed by atoms with van der Waals surface area (Å²) in [7, 11) is -1.83. The number of nitriles is 1. The van der Waals surface area contributed by atoms with E-state index in [0.717, 1.165) is 61.4 Å². The molecule has 10 heteroatoms. The second-order valence-electron chi connectivity index (χ2n) is 10.6. The maximum Gasteiger partial charge on any atom is 0.175 e. The molecule has 0 bridgehead atoms. The average molecular weight is 576 g/mol. The third-order valence-corrected chi connectivity index (χ3v) is 9.09. The highest BCUT2D eigenvalue weighted by atomic mass is 32.2. The number of nitrogens with zero attached hydrogens (tertiary/aromatic N) is 3. The van der Waals surface area contributed by atoms with Gasteiger partial charge in [0.1, 0.15) is 12.3 Å². The lowest BCUT2D eigenvalue weighted by molar-refractivity contribution is 0.00791. The zero-order chi connectivity index (χ0) is 28.8. The molecule has 41 heavy (non-hydrogen) atoms. The molecule has 1 saturated heterocycles. The van der Waals surface area contributed by atoms with Crippen LogP contribution in [0.1, 0.15) is 31.4 Å². The van der Waals surface area contributed by atoms with Crippen molar-refractivity contribution in [3.05, 3.63) is 48.2 Å². The Balaban J connectivity index is 1.29. The summed E-state index contributed by atoms with van der Waals surface area (Å²) in [6.07, 6.45) is 5.80. The highest BCUT2D eigenvalue weighted by Gasteiger charge is 2.27. The van der Waals surface area contributed by atoms with E-state index in [1.807, 2.05) is 16.7 Å². The minimum atomic E-state index is -3.33.